The van der Waals surface area contributed by atoms with Crippen LogP contribution in [0.1, 0.15) is 30.1 Å². The molecule has 1 atom stereocenters. The smallest absolute Gasteiger partial charge is 0.161 e. The van der Waals surface area contributed by atoms with E-state index >= 15 is 0 Å². The average molecular weight is 275 g/mol. The van der Waals surface area contributed by atoms with Gasteiger partial charge in [0.05, 0.1) is 25.9 Å². The van der Waals surface area contributed by atoms with E-state index in [1.165, 1.54) is 24.0 Å². The van der Waals surface area contributed by atoms with E-state index in [2.05, 4.69) is 24.4 Å². The molecule has 4 heteroatoms. The summed E-state index contributed by atoms with van der Waals surface area (Å²) in [6.45, 7) is 6.26. The highest BCUT2D eigenvalue weighted by atomic mass is 16.5. The molecule has 1 N–H and O–H groups in total. The number of rotatable bonds is 1. The van der Waals surface area contributed by atoms with Gasteiger partial charge in [-0.1, -0.05) is 0 Å². The van der Waals surface area contributed by atoms with Gasteiger partial charge in [0.25, 0.3) is 0 Å². The van der Waals surface area contributed by atoms with Gasteiger partial charge in [-0.3, -0.25) is 0 Å². The molecule has 0 amide bonds. The van der Waals surface area contributed by atoms with Crippen molar-refractivity contribution in [3.05, 3.63) is 23.3 Å². The van der Waals surface area contributed by atoms with Crippen LogP contribution in [0, 0.1) is 12.3 Å². The first kappa shape index (κ1) is 12.5. The Morgan fingerprint density at radius 3 is 2.55 bits per heavy atom. The minimum absolute atomic E-state index is 0.121. The van der Waals surface area contributed by atoms with Crippen LogP contribution in [0.3, 0.4) is 0 Å². The highest BCUT2D eigenvalue weighted by molar-refractivity contribution is 5.48. The molecule has 1 aromatic carbocycles. The molecular weight excluding hydrogens is 254 g/mol. The second-order valence-corrected chi connectivity index (χ2v) is 6.30. The molecule has 0 aromatic heterocycles. The molecular formula is C16H21NO3. The molecule has 20 heavy (non-hydrogen) atoms. The van der Waals surface area contributed by atoms with Crippen molar-refractivity contribution in [2.24, 2.45) is 5.41 Å². The molecule has 108 valence electrons. The first-order chi connectivity index (χ1) is 9.76. The van der Waals surface area contributed by atoms with Gasteiger partial charge in [0, 0.05) is 18.5 Å². The van der Waals surface area contributed by atoms with E-state index in [-0.39, 0.29) is 11.5 Å². The van der Waals surface area contributed by atoms with E-state index in [1.54, 1.807) is 0 Å². The fourth-order valence-electron chi connectivity index (χ4n) is 2.98. The van der Waals surface area contributed by atoms with Crippen LogP contribution in [0.2, 0.25) is 0 Å². The highest BCUT2D eigenvalue weighted by Crippen LogP contribution is 2.49. The normalized spacial score (nSPS) is 27.1. The fourth-order valence-corrected chi connectivity index (χ4v) is 2.98. The van der Waals surface area contributed by atoms with Crippen LogP contribution in [0.25, 0.3) is 0 Å². The minimum atomic E-state index is 0.121. The van der Waals surface area contributed by atoms with Crippen molar-refractivity contribution in [2.75, 3.05) is 32.9 Å². The predicted molar refractivity (Wildman–Crippen MR) is 75.4 cm³/mol. The van der Waals surface area contributed by atoms with Crippen molar-refractivity contribution in [3.63, 3.8) is 0 Å². The Kier molecular flexibility index (Phi) is 2.89. The molecule has 1 aliphatic carbocycles. The molecule has 0 bridgehead atoms. The zero-order chi connectivity index (χ0) is 13.6. The molecule has 0 radical (unpaired) electrons. The molecule has 2 fully saturated rings. The van der Waals surface area contributed by atoms with Crippen LogP contribution in [0.15, 0.2) is 12.1 Å². The van der Waals surface area contributed by atoms with Crippen molar-refractivity contribution in [3.8, 4) is 11.5 Å². The fraction of sp³-hybridized carbons (Fsp3) is 0.625. The van der Waals surface area contributed by atoms with Gasteiger partial charge >= 0.3 is 0 Å². The van der Waals surface area contributed by atoms with Gasteiger partial charge in [0.1, 0.15) is 0 Å². The Morgan fingerprint density at radius 1 is 1.15 bits per heavy atom. The summed E-state index contributed by atoms with van der Waals surface area (Å²) in [6, 6.07) is 4.22. The molecule has 1 saturated heterocycles. The lowest BCUT2D eigenvalue weighted by molar-refractivity contribution is 0.0271. The van der Waals surface area contributed by atoms with Gasteiger partial charge in [0.15, 0.2) is 11.5 Å². The lowest BCUT2D eigenvalue weighted by Gasteiger charge is -2.26. The Hall–Kier alpha value is -1.26. The summed E-state index contributed by atoms with van der Waals surface area (Å²) in [7, 11) is 0. The maximum absolute atomic E-state index is 6.01. The molecule has 2 aliphatic heterocycles. The van der Waals surface area contributed by atoms with Crippen molar-refractivity contribution in [1.82, 2.24) is 5.32 Å². The van der Waals surface area contributed by atoms with Gasteiger partial charge in [-0.15, -0.1) is 0 Å². The quantitative estimate of drug-likeness (QED) is 0.853. The number of nitrogens with one attached hydrogen (secondary N) is 1. The van der Waals surface area contributed by atoms with Crippen molar-refractivity contribution in [1.29, 1.82) is 0 Å². The molecule has 1 unspecified atom stereocenters. The molecule has 3 aliphatic rings. The second-order valence-electron chi connectivity index (χ2n) is 6.30. The SMILES string of the molecule is Cc1cc2c(cc1C1CNCCO1)OCC1(CC1)CO2. The molecule has 4 nitrogen and oxygen atoms in total. The summed E-state index contributed by atoms with van der Waals surface area (Å²) in [4.78, 5) is 0. The minimum Gasteiger partial charge on any atom is -0.489 e. The standard InChI is InChI=1S/C16H21NO3/c1-11-6-13-14(20-10-16(2-3-16)9-19-13)7-12(11)15-8-17-4-5-18-15/h6-7,15,17H,2-5,8-10H2,1H3. The van der Waals surface area contributed by atoms with Gasteiger partial charge in [-0.25, -0.2) is 0 Å². The van der Waals surface area contributed by atoms with Gasteiger partial charge in [-0.05, 0) is 43.0 Å². The molecule has 4 rings (SSSR count). The summed E-state index contributed by atoms with van der Waals surface area (Å²) < 4.78 is 17.8. The van der Waals surface area contributed by atoms with Gasteiger partial charge < -0.3 is 19.5 Å². The van der Waals surface area contributed by atoms with Crippen LogP contribution in [0.5, 0.6) is 11.5 Å². The average Bonchev–Trinajstić information content (AvgIpc) is 3.27. The van der Waals surface area contributed by atoms with E-state index in [0.717, 1.165) is 44.4 Å². The third-order valence-electron chi connectivity index (χ3n) is 4.63. The van der Waals surface area contributed by atoms with Crippen LogP contribution in [0.4, 0.5) is 0 Å². The third-order valence-corrected chi connectivity index (χ3v) is 4.63. The van der Waals surface area contributed by atoms with E-state index in [1.807, 2.05) is 0 Å². The summed E-state index contributed by atoms with van der Waals surface area (Å²) in [5, 5.41) is 3.38. The van der Waals surface area contributed by atoms with Crippen LogP contribution >= 0.6 is 0 Å². The highest BCUT2D eigenvalue weighted by Gasteiger charge is 2.46. The van der Waals surface area contributed by atoms with Crippen LogP contribution in [-0.2, 0) is 4.74 Å². The summed E-state index contributed by atoms with van der Waals surface area (Å²) in [5.74, 6) is 1.77. The maximum atomic E-state index is 6.01. The van der Waals surface area contributed by atoms with Crippen molar-refractivity contribution < 1.29 is 14.2 Å². The van der Waals surface area contributed by atoms with Crippen molar-refractivity contribution >= 4 is 0 Å². The Bertz CT molecular complexity index is 519. The summed E-state index contributed by atoms with van der Waals surface area (Å²) in [5.41, 5.74) is 2.72. The van der Waals surface area contributed by atoms with E-state index in [0.29, 0.717) is 0 Å². The van der Waals surface area contributed by atoms with E-state index < -0.39 is 0 Å². The van der Waals surface area contributed by atoms with Crippen molar-refractivity contribution in [2.45, 2.75) is 25.9 Å². The summed E-state index contributed by atoms with van der Waals surface area (Å²) in [6.07, 6.45) is 2.57. The van der Waals surface area contributed by atoms with Crippen LogP contribution < -0.4 is 14.8 Å². The number of ether oxygens (including phenoxy) is 3. The van der Waals surface area contributed by atoms with E-state index in [4.69, 9.17) is 14.2 Å². The molecule has 1 saturated carbocycles. The molecule has 2 heterocycles. The number of benzene rings is 1. The van der Waals surface area contributed by atoms with Gasteiger partial charge in [-0.2, -0.15) is 0 Å². The molecule has 1 aromatic rings. The number of fused-ring (bicyclic) bond motifs is 1. The lowest BCUT2D eigenvalue weighted by Crippen LogP contribution is -2.33. The van der Waals surface area contributed by atoms with Crippen LogP contribution in [-0.4, -0.2) is 32.9 Å². The number of hydrogen-bond donors (Lipinski definition) is 1. The topological polar surface area (TPSA) is 39.7 Å². The summed E-state index contributed by atoms with van der Waals surface area (Å²) >= 11 is 0. The van der Waals surface area contributed by atoms with Gasteiger partial charge in [0.2, 0.25) is 0 Å². The monoisotopic (exact) mass is 275 g/mol. The number of aryl methyl sites for hydroxylation is 1. The lowest BCUT2D eigenvalue weighted by atomic mass is 10.0. The van der Waals surface area contributed by atoms with E-state index in [9.17, 15) is 0 Å². The second kappa shape index (κ2) is 4.64. The Balaban J connectivity index is 1.63. The Morgan fingerprint density at radius 2 is 1.90 bits per heavy atom. The largest absolute Gasteiger partial charge is 0.489 e. The zero-order valence-corrected chi connectivity index (χ0v) is 11.9. The predicted octanol–water partition coefficient (Wildman–Crippen LogP) is 2.21. The zero-order valence-electron chi connectivity index (χ0n) is 11.9. The first-order valence-corrected chi connectivity index (χ1v) is 7.48. The number of morpholine rings is 1. The third kappa shape index (κ3) is 2.17. The maximum Gasteiger partial charge on any atom is 0.161 e. The molecule has 1 spiro atoms. The number of hydrogen-bond acceptors (Lipinski definition) is 4. The first-order valence-electron chi connectivity index (χ1n) is 7.48. The Labute approximate surface area is 119 Å².